The van der Waals surface area contributed by atoms with Gasteiger partial charge in [0.05, 0.1) is 11.6 Å². The van der Waals surface area contributed by atoms with Crippen LogP contribution < -0.4 is 0 Å². The van der Waals surface area contributed by atoms with Crippen molar-refractivity contribution in [1.29, 1.82) is 5.26 Å². The molecule has 0 fully saturated rings. The summed E-state index contributed by atoms with van der Waals surface area (Å²) in [6.07, 6.45) is 5.36. The van der Waals surface area contributed by atoms with Crippen LogP contribution in [0.15, 0.2) is 36.7 Å². The Morgan fingerprint density at radius 3 is 2.29 bits per heavy atom. The fourth-order valence-electron chi connectivity index (χ4n) is 1.47. The first-order valence-corrected chi connectivity index (χ1v) is 6.31. The van der Waals surface area contributed by atoms with Crippen LogP contribution in [-0.4, -0.2) is 9.97 Å². The molecule has 0 atom stereocenters. The molecule has 2 rings (SSSR count). The SMILES string of the molecule is N#Cc1ccc(CCc2ncc(I)cn2)cc1. The van der Waals surface area contributed by atoms with E-state index in [1.165, 1.54) is 5.56 Å². The highest BCUT2D eigenvalue weighted by Gasteiger charge is 1.99. The molecule has 0 radical (unpaired) electrons. The van der Waals surface area contributed by atoms with E-state index in [1.807, 2.05) is 36.7 Å². The van der Waals surface area contributed by atoms with Crippen molar-refractivity contribution in [3.8, 4) is 6.07 Å². The summed E-state index contributed by atoms with van der Waals surface area (Å²) in [6.45, 7) is 0. The third-order valence-corrected chi connectivity index (χ3v) is 2.95. The quantitative estimate of drug-likeness (QED) is 0.811. The van der Waals surface area contributed by atoms with Crippen LogP contribution in [0, 0.1) is 14.9 Å². The molecule has 1 heterocycles. The molecule has 1 aromatic carbocycles. The minimum Gasteiger partial charge on any atom is -0.240 e. The molecule has 17 heavy (non-hydrogen) atoms. The predicted molar refractivity (Wildman–Crippen MR) is 73.3 cm³/mol. The smallest absolute Gasteiger partial charge is 0.128 e. The van der Waals surface area contributed by atoms with Gasteiger partial charge in [-0.2, -0.15) is 5.26 Å². The van der Waals surface area contributed by atoms with Crippen molar-refractivity contribution >= 4 is 22.6 Å². The van der Waals surface area contributed by atoms with E-state index in [9.17, 15) is 0 Å². The Balaban J connectivity index is 1.98. The highest BCUT2D eigenvalue weighted by atomic mass is 127. The van der Waals surface area contributed by atoms with Crippen LogP contribution in [0.5, 0.6) is 0 Å². The first kappa shape index (κ1) is 12.0. The molecule has 0 N–H and O–H groups in total. The summed E-state index contributed by atoms with van der Waals surface area (Å²) in [6, 6.07) is 9.74. The molecule has 0 aliphatic heterocycles. The van der Waals surface area contributed by atoms with Crippen molar-refractivity contribution in [2.24, 2.45) is 0 Å². The number of aromatic nitrogens is 2. The highest BCUT2D eigenvalue weighted by molar-refractivity contribution is 14.1. The molecule has 0 bridgehead atoms. The highest BCUT2D eigenvalue weighted by Crippen LogP contribution is 2.07. The van der Waals surface area contributed by atoms with Crippen molar-refractivity contribution in [3.05, 3.63) is 57.2 Å². The van der Waals surface area contributed by atoms with Gasteiger partial charge in [-0.05, 0) is 46.7 Å². The van der Waals surface area contributed by atoms with Crippen LogP contribution in [0.2, 0.25) is 0 Å². The second-order valence-electron chi connectivity index (χ2n) is 3.63. The zero-order valence-corrected chi connectivity index (χ0v) is 11.3. The van der Waals surface area contributed by atoms with Crippen LogP contribution in [0.4, 0.5) is 0 Å². The minimum atomic E-state index is 0.694. The maximum atomic E-state index is 8.69. The Bertz CT molecular complexity index is 526. The Morgan fingerprint density at radius 1 is 1.06 bits per heavy atom. The van der Waals surface area contributed by atoms with Gasteiger partial charge in [0.25, 0.3) is 0 Å². The molecule has 1 aromatic heterocycles. The summed E-state index contributed by atoms with van der Waals surface area (Å²) in [5.74, 6) is 0.856. The van der Waals surface area contributed by atoms with Gasteiger partial charge in [-0.3, -0.25) is 0 Å². The van der Waals surface area contributed by atoms with Crippen molar-refractivity contribution < 1.29 is 0 Å². The lowest BCUT2D eigenvalue weighted by Gasteiger charge is -2.01. The van der Waals surface area contributed by atoms with Gasteiger partial charge in [0.2, 0.25) is 0 Å². The standard InChI is InChI=1S/C13H10IN3/c14-12-8-16-13(17-9-12)6-5-10-1-3-11(7-15)4-2-10/h1-4,8-9H,5-6H2. The number of rotatable bonds is 3. The third kappa shape index (κ3) is 3.49. The number of nitriles is 1. The fourth-order valence-corrected chi connectivity index (χ4v) is 1.75. The fraction of sp³-hybridized carbons (Fsp3) is 0.154. The maximum Gasteiger partial charge on any atom is 0.128 e. The lowest BCUT2D eigenvalue weighted by molar-refractivity contribution is 0.854. The Labute approximate surface area is 114 Å². The van der Waals surface area contributed by atoms with Gasteiger partial charge >= 0.3 is 0 Å². The van der Waals surface area contributed by atoms with Crippen LogP contribution in [-0.2, 0) is 12.8 Å². The van der Waals surface area contributed by atoms with E-state index in [2.05, 4.69) is 38.6 Å². The summed E-state index contributed by atoms with van der Waals surface area (Å²) in [5, 5.41) is 8.69. The largest absolute Gasteiger partial charge is 0.240 e. The number of nitrogens with zero attached hydrogens (tertiary/aromatic N) is 3. The van der Waals surface area contributed by atoms with Crippen LogP contribution in [0.25, 0.3) is 0 Å². The Hall–Kier alpha value is -1.48. The van der Waals surface area contributed by atoms with Crippen molar-refractivity contribution in [3.63, 3.8) is 0 Å². The summed E-state index contributed by atoms with van der Waals surface area (Å²) in [4.78, 5) is 8.51. The Kier molecular flexibility index (Phi) is 4.04. The molecule has 0 saturated carbocycles. The van der Waals surface area contributed by atoms with E-state index in [4.69, 9.17) is 5.26 Å². The zero-order chi connectivity index (χ0) is 12.1. The molecule has 4 heteroatoms. The van der Waals surface area contributed by atoms with Gasteiger partial charge in [0.1, 0.15) is 5.82 Å². The molecule has 0 aliphatic carbocycles. The van der Waals surface area contributed by atoms with Gasteiger partial charge < -0.3 is 0 Å². The van der Waals surface area contributed by atoms with E-state index in [0.29, 0.717) is 5.56 Å². The topological polar surface area (TPSA) is 49.6 Å². The van der Waals surface area contributed by atoms with Crippen LogP contribution in [0.1, 0.15) is 17.0 Å². The van der Waals surface area contributed by atoms with Crippen LogP contribution in [0.3, 0.4) is 0 Å². The van der Waals surface area contributed by atoms with Gasteiger partial charge in [0, 0.05) is 22.4 Å². The monoisotopic (exact) mass is 335 g/mol. The lowest BCUT2D eigenvalue weighted by atomic mass is 10.1. The van der Waals surface area contributed by atoms with Gasteiger partial charge in [-0.15, -0.1) is 0 Å². The van der Waals surface area contributed by atoms with E-state index in [-0.39, 0.29) is 0 Å². The number of hydrogen-bond acceptors (Lipinski definition) is 3. The van der Waals surface area contributed by atoms with Crippen LogP contribution >= 0.6 is 22.6 Å². The first-order valence-electron chi connectivity index (χ1n) is 5.23. The van der Waals surface area contributed by atoms with Gasteiger partial charge in [-0.25, -0.2) is 9.97 Å². The van der Waals surface area contributed by atoms with Crippen molar-refractivity contribution in [1.82, 2.24) is 9.97 Å². The number of benzene rings is 1. The van der Waals surface area contributed by atoms with E-state index in [0.717, 1.165) is 22.2 Å². The van der Waals surface area contributed by atoms with Gasteiger partial charge in [-0.1, -0.05) is 12.1 Å². The second-order valence-corrected chi connectivity index (χ2v) is 4.87. The molecule has 84 valence electrons. The summed E-state index contributed by atoms with van der Waals surface area (Å²) >= 11 is 2.19. The summed E-state index contributed by atoms with van der Waals surface area (Å²) in [7, 11) is 0. The Morgan fingerprint density at radius 2 is 1.71 bits per heavy atom. The maximum absolute atomic E-state index is 8.69. The average molecular weight is 335 g/mol. The second kappa shape index (κ2) is 5.73. The molecule has 0 amide bonds. The zero-order valence-electron chi connectivity index (χ0n) is 9.10. The molecule has 0 unspecified atom stereocenters. The molecule has 3 nitrogen and oxygen atoms in total. The molecule has 0 spiro atoms. The number of halogens is 1. The first-order chi connectivity index (χ1) is 8.28. The summed E-state index contributed by atoms with van der Waals surface area (Å²) < 4.78 is 1.05. The molecular formula is C13H10IN3. The summed E-state index contributed by atoms with van der Waals surface area (Å²) in [5.41, 5.74) is 1.89. The van der Waals surface area contributed by atoms with Crippen molar-refractivity contribution in [2.75, 3.05) is 0 Å². The normalized spacial score (nSPS) is 9.88. The van der Waals surface area contributed by atoms with Crippen molar-refractivity contribution in [2.45, 2.75) is 12.8 Å². The number of hydrogen-bond donors (Lipinski definition) is 0. The molecule has 2 aromatic rings. The molecule has 0 aliphatic rings. The van der Waals surface area contributed by atoms with E-state index in [1.54, 1.807) is 0 Å². The number of aryl methyl sites for hydroxylation is 2. The average Bonchev–Trinajstić information content (AvgIpc) is 2.39. The van der Waals surface area contributed by atoms with E-state index >= 15 is 0 Å². The van der Waals surface area contributed by atoms with Gasteiger partial charge in [0.15, 0.2) is 0 Å². The minimum absolute atomic E-state index is 0.694. The lowest BCUT2D eigenvalue weighted by Crippen LogP contribution is -1.98. The third-order valence-electron chi connectivity index (χ3n) is 2.39. The van der Waals surface area contributed by atoms with E-state index < -0.39 is 0 Å². The molecule has 0 saturated heterocycles. The predicted octanol–water partition coefficient (Wildman–Crippen LogP) is 2.74. The molecular weight excluding hydrogens is 325 g/mol.